The van der Waals surface area contributed by atoms with E-state index in [1.165, 1.54) is 0 Å². The van der Waals surface area contributed by atoms with Gasteiger partial charge in [-0.3, -0.25) is 0 Å². The van der Waals surface area contributed by atoms with Crippen molar-refractivity contribution in [3.05, 3.63) is 0 Å². The Morgan fingerprint density at radius 2 is 2.08 bits per heavy atom. The predicted octanol–water partition coefficient (Wildman–Crippen LogP) is -1.36. The summed E-state index contributed by atoms with van der Waals surface area (Å²) in [6.45, 7) is 2.66. The molecular weight excluding hydrogens is 159 g/mol. The molecule has 0 spiro atoms. The third-order valence-electron chi connectivity index (χ3n) is 1.89. The molecule has 1 heterocycles. The molecule has 0 aromatic heterocycles. The Morgan fingerprint density at radius 1 is 1.42 bits per heavy atom. The molecule has 0 aromatic rings. The van der Waals surface area contributed by atoms with Gasteiger partial charge in [-0.15, -0.1) is 0 Å². The standard InChI is InChI=1S/C7H13BO4/c1-2-11-3-4-5(9)6(10)7(8)12-4/h4-7,9-10H,2-3H2,1H3. The Morgan fingerprint density at radius 3 is 2.50 bits per heavy atom. The van der Waals surface area contributed by atoms with Gasteiger partial charge in [0, 0.05) is 12.6 Å². The third-order valence-corrected chi connectivity index (χ3v) is 1.89. The summed E-state index contributed by atoms with van der Waals surface area (Å²) in [6.07, 6.45) is -2.45. The largest absolute Gasteiger partial charge is 0.388 e. The molecule has 2 N–H and O–H groups in total. The summed E-state index contributed by atoms with van der Waals surface area (Å²) in [5, 5.41) is 18.5. The summed E-state index contributed by atoms with van der Waals surface area (Å²) in [5.41, 5.74) is 0. The van der Waals surface area contributed by atoms with Gasteiger partial charge in [-0.05, 0) is 6.92 Å². The molecule has 1 fully saturated rings. The third kappa shape index (κ3) is 1.98. The molecule has 1 aliphatic rings. The lowest BCUT2D eigenvalue weighted by Crippen LogP contribution is -2.34. The Kier molecular flexibility index (Phi) is 3.52. The Hall–Kier alpha value is -0.0951. The van der Waals surface area contributed by atoms with Gasteiger partial charge < -0.3 is 19.7 Å². The van der Waals surface area contributed by atoms with Crippen LogP contribution in [-0.2, 0) is 9.47 Å². The van der Waals surface area contributed by atoms with E-state index in [0.29, 0.717) is 6.61 Å². The van der Waals surface area contributed by atoms with Crippen LogP contribution in [0.1, 0.15) is 6.92 Å². The first-order chi connectivity index (χ1) is 5.66. The molecule has 5 heteroatoms. The fraction of sp³-hybridized carbons (Fsp3) is 1.00. The van der Waals surface area contributed by atoms with Crippen LogP contribution < -0.4 is 0 Å². The summed E-state index contributed by atoms with van der Waals surface area (Å²) in [5.74, 6) is 0. The second kappa shape index (κ2) is 4.23. The first-order valence-corrected chi connectivity index (χ1v) is 4.01. The van der Waals surface area contributed by atoms with E-state index < -0.39 is 24.3 Å². The van der Waals surface area contributed by atoms with Gasteiger partial charge in [-0.1, -0.05) is 0 Å². The minimum Gasteiger partial charge on any atom is -0.388 e. The Bertz CT molecular complexity index is 143. The van der Waals surface area contributed by atoms with Gasteiger partial charge in [0.05, 0.1) is 12.7 Å². The molecule has 0 amide bonds. The second-order valence-corrected chi connectivity index (χ2v) is 2.78. The monoisotopic (exact) mass is 172 g/mol. The molecular formula is C7H13BO4. The van der Waals surface area contributed by atoms with Crippen LogP contribution in [0, 0.1) is 0 Å². The van der Waals surface area contributed by atoms with E-state index in [-0.39, 0.29) is 6.61 Å². The summed E-state index contributed by atoms with van der Waals surface area (Å²) >= 11 is 0. The topological polar surface area (TPSA) is 58.9 Å². The average Bonchev–Trinajstić information content (AvgIpc) is 2.30. The first-order valence-electron chi connectivity index (χ1n) is 4.01. The van der Waals surface area contributed by atoms with Crippen molar-refractivity contribution in [2.45, 2.75) is 31.2 Å². The summed E-state index contributed by atoms with van der Waals surface area (Å²) in [4.78, 5) is 0. The van der Waals surface area contributed by atoms with Crippen molar-refractivity contribution in [2.24, 2.45) is 0 Å². The maximum absolute atomic E-state index is 9.32. The molecule has 0 saturated carbocycles. The van der Waals surface area contributed by atoms with Gasteiger partial charge in [0.1, 0.15) is 20.1 Å². The van der Waals surface area contributed by atoms with Crippen LogP contribution in [0.5, 0.6) is 0 Å². The maximum atomic E-state index is 9.32. The number of hydrogen-bond acceptors (Lipinski definition) is 4. The first kappa shape index (κ1) is 9.99. The van der Waals surface area contributed by atoms with Crippen molar-refractivity contribution < 1.29 is 19.7 Å². The van der Waals surface area contributed by atoms with Crippen molar-refractivity contribution in [1.29, 1.82) is 0 Å². The van der Waals surface area contributed by atoms with Crippen molar-refractivity contribution in [1.82, 2.24) is 0 Å². The second-order valence-electron chi connectivity index (χ2n) is 2.78. The number of ether oxygens (including phenoxy) is 2. The molecule has 4 atom stereocenters. The van der Waals surface area contributed by atoms with Crippen molar-refractivity contribution in [3.8, 4) is 0 Å². The zero-order valence-electron chi connectivity index (χ0n) is 7.01. The molecule has 1 saturated heterocycles. The van der Waals surface area contributed by atoms with Gasteiger partial charge in [0.25, 0.3) is 0 Å². The highest BCUT2D eigenvalue weighted by atomic mass is 16.6. The summed E-state index contributed by atoms with van der Waals surface area (Å²) < 4.78 is 10.1. The minimum atomic E-state index is -1.00. The molecule has 0 aromatic carbocycles. The lowest BCUT2D eigenvalue weighted by atomic mass is 9.93. The quantitative estimate of drug-likeness (QED) is 0.516. The average molecular weight is 172 g/mol. The molecule has 4 unspecified atom stereocenters. The number of rotatable bonds is 3. The molecule has 0 aliphatic carbocycles. The Balaban J connectivity index is 2.36. The number of hydrogen-bond donors (Lipinski definition) is 2. The maximum Gasteiger partial charge on any atom is 0.112 e. The fourth-order valence-corrected chi connectivity index (χ4v) is 1.15. The van der Waals surface area contributed by atoms with Crippen LogP contribution in [0.4, 0.5) is 0 Å². The van der Waals surface area contributed by atoms with Crippen LogP contribution in [0.25, 0.3) is 0 Å². The van der Waals surface area contributed by atoms with E-state index in [0.717, 1.165) is 0 Å². The zero-order chi connectivity index (χ0) is 9.14. The predicted molar refractivity (Wildman–Crippen MR) is 42.9 cm³/mol. The van der Waals surface area contributed by atoms with E-state index in [2.05, 4.69) is 0 Å². The lowest BCUT2D eigenvalue weighted by Gasteiger charge is -2.13. The highest BCUT2D eigenvalue weighted by Gasteiger charge is 2.39. The fourth-order valence-electron chi connectivity index (χ4n) is 1.15. The summed E-state index contributed by atoms with van der Waals surface area (Å²) in [6, 6.07) is -0.801. The van der Waals surface area contributed by atoms with Gasteiger partial charge in [-0.25, -0.2) is 0 Å². The molecule has 1 aliphatic heterocycles. The number of aliphatic hydroxyl groups is 2. The van der Waals surface area contributed by atoms with Crippen LogP contribution in [-0.4, -0.2) is 55.6 Å². The van der Waals surface area contributed by atoms with Crippen LogP contribution in [0.3, 0.4) is 0 Å². The van der Waals surface area contributed by atoms with Crippen molar-refractivity contribution >= 4 is 7.85 Å². The van der Waals surface area contributed by atoms with E-state index in [9.17, 15) is 10.2 Å². The molecule has 4 nitrogen and oxygen atoms in total. The Labute approximate surface area is 72.9 Å². The molecule has 2 radical (unpaired) electrons. The number of aliphatic hydroxyl groups excluding tert-OH is 2. The van der Waals surface area contributed by atoms with Crippen LogP contribution in [0.2, 0.25) is 0 Å². The van der Waals surface area contributed by atoms with Gasteiger partial charge in [-0.2, -0.15) is 0 Å². The SMILES string of the molecule is [B]C1OC(COCC)C(O)C1O. The molecule has 68 valence electrons. The normalized spacial score (nSPS) is 41.9. The highest BCUT2D eigenvalue weighted by Crippen LogP contribution is 2.19. The lowest BCUT2D eigenvalue weighted by molar-refractivity contribution is -0.0307. The van der Waals surface area contributed by atoms with Crippen molar-refractivity contribution in [3.63, 3.8) is 0 Å². The van der Waals surface area contributed by atoms with Crippen molar-refractivity contribution in [2.75, 3.05) is 13.2 Å². The van der Waals surface area contributed by atoms with E-state index in [1.54, 1.807) is 0 Å². The van der Waals surface area contributed by atoms with E-state index >= 15 is 0 Å². The summed E-state index contributed by atoms with van der Waals surface area (Å²) in [7, 11) is 5.34. The molecule has 12 heavy (non-hydrogen) atoms. The van der Waals surface area contributed by atoms with Gasteiger partial charge in [0.2, 0.25) is 0 Å². The minimum absolute atomic E-state index is 0.266. The smallest absolute Gasteiger partial charge is 0.112 e. The van der Waals surface area contributed by atoms with Crippen LogP contribution in [0.15, 0.2) is 0 Å². The highest BCUT2D eigenvalue weighted by molar-refractivity contribution is 6.11. The van der Waals surface area contributed by atoms with Gasteiger partial charge >= 0.3 is 0 Å². The van der Waals surface area contributed by atoms with E-state index in [1.807, 2.05) is 6.92 Å². The molecule has 1 rings (SSSR count). The van der Waals surface area contributed by atoms with Crippen LogP contribution >= 0.6 is 0 Å². The van der Waals surface area contributed by atoms with Gasteiger partial charge in [0.15, 0.2) is 0 Å². The molecule has 0 bridgehead atoms. The van der Waals surface area contributed by atoms with E-state index in [4.69, 9.17) is 17.3 Å². The zero-order valence-corrected chi connectivity index (χ0v) is 7.01.